The Bertz CT molecular complexity index is 594. The van der Waals surface area contributed by atoms with Crippen LogP contribution in [-0.4, -0.2) is 51.9 Å². The third-order valence-electron chi connectivity index (χ3n) is 4.95. The van der Waals surface area contributed by atoms with Gasteiger partial charge in [-0.05, 0) is 57.7 Å². The van der Waals surface area contributed by atoms with Gasteiger partial charge in [0.05, 0.1) is 0 Å². The van der Waals surface area contributed by atoms with Gasteiger partial charge in [0, 0.05) is 24.9 Å². The molecule has 2 N–H and O–H groups in total. The molecule has 1 unspecified atom stereocenters. The third-order valence-corrected chi connectivity index (χ3v) is 4.95. The highest BCUT2D eigenvalue weighted by Crippen LogP contribution is 2.28. The first-order valence-electron chi connectivity index (χ1n) is 9.69. The highest BCUT2D eigenvalue weighted by atomic mass is 16.2. The van der Waals surface area contributed by atoms with Gasteiger partial charge in [0.25, 0.3) is 0 Å². The summed E-state index contributed by atoms with van der Waals surface area (Å²) in [6.07, 6.45) is 6.79. The molecule has 0 spiro atoms. The number of rotatable bonds is 4. The van der Waals surface area contributed by atoms with Crippen LogP contribution in [0.3, 0.4) is 0 Å². The molecule has 0 saturated carbocycles. The Hall–Kier alpha value is -2.02. The predicted molar refractivity (Wildman–Crippen MR) is 102 cm³/mol. The molecule has 2 amide bonds. The third kappa shape index (κ3) is 5.24. The first-order valence-corrected chi connectivity index (χ1v) is 9.69. The van der Waals surface area contributed by atoms with Crippen molar-refractivity contribution in [2.24, 2.45) is 0 Å². The van der Waals surface area contributed by atoms with Gasteiger partial charge in [0.1, 0.15) is 6.04 Å². The van der Waals surface area contributed by atoms with Crippen molar-refractivity contribution in [3.05, 3.63) is 18.0 Å². The molecule has 0 aliphatic carbocycles. The maximum absolute atomic E-state index is 11.8. The standard InChI is InChI=1S/C17H25N5O2.C2H6/c1-11(2)22-7-5-12(6-8-22)13-9-18-17(19-10-13)20-14-3-4-15(23)21-16(14)24;1-2/h9-12,14H,3-8H2,1-2H3,(H,18,19,20)(H,21,23,24);1-2H3. The van der Waals surface area contributed by atoms with Crippen LogP contribution in [-0.2, 0) is 9.59 Å². The highest BCUT2D eigenvalue weighted by Gasteiger charge is 2.27. The normalized spacial score (nSPS) is 21.8. The van der Waals surface area contributed by atoms with Crippen molar-refractivity contribution < 1.29 is 9.59 Å². The average molecular weight is 361 g/mol. The van der Waals surface area contributed by atoms with Gasteiger partial charge in [-0.3, -0.25) is 14.9 Å². The lowest BCUT2D eigenvalue weighted by atomic mass is 9.91. The minimum atomic E-state index is -0.442. The molecular formula is C19H31N5O2. The first-order chi connectivity index (χ1) is 12.5. The van der Waals surface area contributed by atoms with Crippen molar-refractivity contribution in [1.29, 1.82) is 0 Å². The van der Waals surface area contributed by atoms with Crippen LogP contribution in [0.2, 0.25) is 0 Å². The van der Waals surface area contributed by atoms with E-state index < -0.39 is 6.04 Å². The maximum atomic E-state index is 11.8. The highest BCUT2D eigenvalue weighted by molar-refractivity contribution is 6.01. The van der Waals surface area contributed by atoms with E-state index >= 15 is 0 Å². The molecule has 7 nitrogen and oxygen atoms in total. The van der Waals surface area contributed by atoms with E-state index in [4.69, 9.17) is 0 Å². The largest absolute Gasteiger partial charge is 0.342 e. The van der Waals surface area contributed by atoms with Gasteiger partial charge in [0.2, 0.25) is 17.8 Å². The number of carbonyl (C=O) groups is 2. The summed E-state index contributed by atoms with van der Waals surface area (Å²) in [7, 11) is 0. The number of nitrogens with one attached hydrogen (secondary N) is 2. The number of piperidine rings is 2. The molecule has 0 bridgehead atoms. The van der Waals surface area contributed by atoms with E-state index in [1.165, 1.54) is 0 Å². The fourth-order valence-corrected chi connectivity index (χ4v) is 3.36. The van der Waals surface area contributed by atoms with Crippen molar-refractivity contribution in [1.82, 2.24) is 20.2 Å². The summed E-state index contributed by atoms with van der Waals surface area (Å²) < 4.78 is 0. The predicted octanol–water partition coefficient (Wildman–Crippen LogP) is 2.31. The lowest BCUT2D eigenvalue weighted by Gasteiger charge is -2.34. The Kier molecular flexibility index (Phi) is 7.50. The van der Waals surface area contributed by atoms with E-state index in [0.717, 1.165) is 31.5 Å². The van der Waals surface area contributed by atoms with Crippen molar-refractivity contribution in [2.75, 3.05) is 18.4 Å². The Morgan fingerprint density at radius 3 is 2.27 bits per heavy atom. The van der Waals surface area contributed by atoms with E-state index in [1.807, 2.05) is 26.2 Å². The lowest BCUT2D eigenvalue weighted by Crippen LogP contribution is -2.47. The van der Waals surface area contributed by atoms with E-state index in [-0.39, 0.29) is 11.8 Å². The molecule has 3 heterocycles. The van der Waals surface area contributed by atoms with Gasteiger partial charge in [-0.1, -0.05) is 13.8 Å². The van der Waals surface area contributed by atoms with Crippen LogP contribution in [0.4, 0.5) is 5.95 Å². The molecule has 144 valence electrons. The van der Waals surface area contributed by atoms with Crippen LogP contribution in [0.25, 0.3) is 0 Å². The minimum Gasteiger partial charge on any atom is -0.342 e. The molecule has 26 heavy (non-hydrogen) atoms. The number of hydrogen-bond acceptors (Lipinski definition) is 6. The first kappa shape index (κ1) is 20.3. The molecule has 0 radical (unpaired) electrons. The fraction of sp³-hybridized carbons (Fsp3) is 0.684. The Morgan fingerprint density at radius 1 is 1.12 bits per heavy atom. The molecule has 1 atom stereocenters. The van der Waals surface area contributed by atoms with Gasteiger partial charge in [-0.2, -0.15) is 0 Å². The summed E-state index contributed by atoms with van der Waals surface area (Å²) in [5.74, 6) is 0.416. The van der Waals surface area contributed by atoms with Crippen LogP contribution in [0.15, 0.2) is 12.4 Å². The van der Waals surface area contributed by atoms with Crippen LogP contribution >= 0.6 is 0 Å². The van der Waals surface area contributed by atoms with Crippen molar-refractivity contribution in [3.63, 3.8) is 0 Å². The molecule has 2 aliphatic heterocycles. The van der Waals surface area contributed by atoms with Gasteiger partial charge < -0.3 is 10.2 Å². The topological polar surface area (TPSA) is 87.2 Å². The van der Waals surface area contributed by atoms with Crippen molar-refractivity contribution >= 4 is 17.8 Å². The minimum absolute atomic E-state index is 0.220. The van der Waals surface area contributed by atoms with Crippen LogP contribution in [0.5, 0.6) is 0 Å². The van der Waals surface area contributed by atoms with Crippen LogP contribution in [0.1, 0.15) is 64.9 Å². The smallest absolute Gasteiger partial charge is 0.249 e. The summed E-state index contributed by atoms with van der Waals surface area (Å²) in [6.45, 7) is 10.7. The summed E-state index contributed by atoms with van der Waals surface area (Å²) in [4.78, 5) is 34.1. The number of aromatic nitrogens is 2. The van der Waals surface area contributed by atoms with Gasteiger partial charge in [0.15, 0.2) is 0 Å². The van der Waals surface area contributed by atoms with Gasteiger partial charge in [-0.15, -0.1) is 0 Å². The zero-order chi connectivity index (χ0) is 19.1. The van der Waals surface area contributed by atoms with E-state index in [0.29, 0.717) is 30.7 Å². The summed E-state index contributed by atoms with van der Waals surface area (Å²) in [5, 5.41) is 5.33. The van der Waals surface area contributed by atoms with E-state index in [9.17, 15) is 9.59 Å². The number of nitrogens with zero attached hydrogens (tertiary/aromatic N) is 3. The average Bonchev–Trinajstić information content (AvgIpc) is 2.66. The van der Waals surface area contributed by atoms with E-state index in [1.54, 1.807) is 0 Å². The number of amides is 2. The van der Waals surface area contributed by atoms with E-state index in [2.05, 4.69) is 39.3 Å². The molecule has 0 aromatic carbocycles. The Balaban J connectivity index is 0.00000117. The zero-order valence-corrected chi connectivity index (χ0v) is 16.3. The molecule has 7 heteroatoms. The number of anilines is 1. The molecule has 2 fully saturated rings. The second kappa shape index (κ2) is 9.62. The molecule has 1 aromatic rings. The molecule has 2 saturated heterocycles. The number of hydrogen-bond donors (Lipinski definition) is 2. The lowest BCUT2D eigenvalue weighted by molar-refractivity contribution is -0.133. The quantitative estimate of drug-likeness (QED) is 0.800. The summed E-state index contributed by atoms with van der Waals surface area (Å²) >= 11 is 0. The fourth-order valence-electron chi connectivity index (χ4n) is 3.36. The number of carbonyl (C=O) groups excluding carboxylic acids is 2. The molecule has 3 rings (SSSR count). The Labute approximate surface area is 156 Å². The van der Waals surface area contributed by atoms with Gasteiger partial charge in [-0.25, -0.2) is 9.97 Å². The second-order valence-electron chi connectivity index (χ2n) is 6.89. The molecule has 1 aromatic heterocycles. The SMILES string of the molecule is CC.CC(C)N1CCC(c2cnc(NC3CCC(=O)NC3=O)nc2)CC1. The molecule has 2 aliphatic rings. The summed E-state index contributed by atoms with van der Waals surface area (Å²) in [5.41, 5.74) is 1.16. The van der Waals surface area contributed by atoms with Crippen LogP contribution < -0.4 is 10.6 Å². The van der Waals surface area contributed by atoms with Crippen LogP contribution in [0, 0.1) is 0 Å². The number of imide groups is 1. The second-order valence-corrected chi connectivity index (χ2v) is 6.89. The van der Waals surface area contributed by atoms with Crippen molar-refractivity contribution in [3.8, 4) is 0 Å². The van der Waals surface area contributed by atoms with Crippen molar-refractivity contribution in [2.45, 2.75) is 71.4 Å². The Morgan fingerprint density at radius 2 is 1.73 bits per heavy atom. The summed E-state index contributed by atoms with van der Waals surface area (Å²) in [6, 6.07) is 0.158. The maximum Gasteiger partial charge on any atom is 0.249 e. The zero-order valence-electron chi connectivity index (χ0n) is 16.3. The molecular weight excluding hydrogens is 330 g/mol. The monoisotopic (exact) mass is 361 g/mol. The van der Waals surface area contributed by atoms with Gasteiger partial charge >= 0.3 is 0 Å². The number of likely N-dealkylation sites (tertiary alicyclic amines) is 1.